The Morgan fingerprint density at radius 3 is 1.90 bits per heavy atom. The highest BCUT2D eigenvalue weighted by molar-refractivity contribution is 5.35. The summed E-state index contributed by atoms with van der Waals surface area (Å²) in [6.45, 7) is 17.8. The predicted molar refractivity (Wildman–Crippen MR) is 84.0 cm³/mol. The van der Waals surface area contributed by atoms with Gasteiger partial charge in [0.05, 0.1) is 6.20 Å². The fourth-order valence-corrected chi connectivity index (χ4v) is 3.35. The number of rotatable bonds is 6. The summed E-state index contributed by atoms with van der Waals surface area (Å²) in [5, 5.41) is 2.31. The summed E-state index contributed by atoms with van der Waals surface area (Å²) in [5.74, 6) is 1.64. The molecule has 1 rings (SSSR count). The summed E-state index contributed by atoms with van der Waals surface area (Å²) < 4.78 is 0. The molecule has 0 saturated carbocycles. The van der Waals surface area contributed by atoms with E-state index in [1.54, 1.807) is 0 Å². The van der Waals surface area contributed by atoms with Crippen LogP contribution in [-0.2, 0) is 5.54 Å². The molecule has 0 aromatic heterocycles. The largest absolute Gasteiger partial charge is 1.00 e. The second-order valence-electron chi connectivity index (χ2n) is 6.39. The molecule has 0 amide bonds. The van der Waals surface area contributed by atoms with Gasteiger partial charge in [-0.2, -0.15) is 0 Å². The van der Waals surface area contributed by atoms with Gasteiger partial charge in [-0.15, -0.1) is 0 Å². The molecule has 1 aromatic rings. The lowest BCUT2D eigenvalue weighted by Gasteiger charge is -2.40. The Hall–Kier alpha value is -0.790. The van der Waals surface area contributed by atoms with E-state index < -0.39 is 0 Å². The van der Waals surface area contributed by atoms with Crippen LogP contribution in [-0.4, -0.2) is 0 Å². The fourth-order valence-electron chi connectivity index (χ4n) is 3.35. The van der Waals surface area contributed by atoms with E-state index in [1.165, 1.54) is 11.1 Å². The monoisotopic (exact) mass is 295 g/mol. The molecule has 0 heterocycles. The van der Waals surface area contributed by atoms with Crippen LogP contribution in [0.1, 0.15) is 58.6 Å². The van der Waals surface area contributed by atoms with E-state index in [0.717, 1.165) is 0 Å². The third kappa shape index (κ3) is 3.45. The zero-order valence-corrected chi connectivity index (χ0v) is 14.5. The molecule has 0 fully saturated rings. The van der Waals surface area contributed by atoms with Gasteiger partial charge in [0.2, 0.25) is 0 Å². The Bertz CT molecular complexity index is 413. The highest BCUT2D eigenvalue weighted by atomic mass is 35.5. The number of benzene rings is 1. The predicted octanol–water partition coefficient (Wildman–Crippen LogP) is 1.03. The first kappa shape index (κ1) is 19.2. The number of hydrogen-bond donors (Lipinski definition) is 1. The van der Waals surface area contributed by atoms with Crippen molar-refractivity contribution in [3.8, 4) is 0 Å². The van der Waals surface area contributed by atoms with Crippen molar-refractivity contribution in [3.05, 3.63) is 48.2 Å². The van der Waals surface area contributed by atoms with E-state index >= 15 is 0 Å². The van der Waals surface area contributed by atoms with Gasteiger partial charge >= 0.3 is 0 Å². The molecule has 0 spiro atoms. The normalized spacial score (nSPS) is 11.8. The van der Waals surface area contributed by atoms with Crippen LogP contribution in [0.2, 0.25) is 0 Å². The van der Waals surface area contributed by atoms with Crippen molar-refractivity contribution in [2.75, 3.05) is 0 Å². The molecule has 1 nitrogen and oxygen atoms in total. The van der Waals surface area contributed by atoms with Crippen molar-refractivity contribution in [1.82, 2.24) is 0 Å². The summed E-state index contributed by atoms with van der Waals surface area (Å²) in [6.07, 6.45) is 1.97. The lowest BCUT2D eigenvalue weighted by molar-refractivity contribution is -0.696. The van der Waals surface area contributed by atoms with Gasteiger partial charge in [0, 0.05) is 17.4 Å². The molecular formula is C18H30ClN. The molecule has 0 unspecified atom stereocenters. The van der Waals surface area contributed by atoms with Crippen LogP contribution < -0.4 is 17.7 Å². The highest BCUT2D eigenvalue weighted by Gasteiger charge is 2.43. The Balaban J connectivity index is 0.00000361. The van der Waals surface area contributed by atoms with Crippen LogP contribution in [0.3, 0.4) is 0 Å². The maximum Gasteiger partial charge on any atom is 0.131 e. The van der Waals surface area contributed by atoms with Crippen LogP contribution in [0.25, 0.3) is 0 Å². The van der Waals surface area contributed by atoms with Gasteiger partial charge in [-0.3, -0.25) is 0 Å². The maximum atomic E-state index is 3.95. The van der Waals surface area contributed by atoms with Crippen LogP contribution >= 0.6 is 0 Å². The molecule has 0 bridgehead atoms. The average Bonchev–Trinajstić information content (AvgIpc) is 2.35. The Labute approximate surface area is 131 Å². The fraction of sp³-hybridized carbons (Fsp3) is 0.556. The van der Waals surface area contributed by atoms with Crippen LogP contribution in [0.15, 0.2) is 37.0 Å². The molecule has 2 N–H and O–H groups in total. The van der Waals surface area contributed by atoms with Gasteiger partial charge in [-0.05, 0) is 18.1 Å². The molecule has 0 saturated heterocycles. The lowest BCUT2D eigenvalue weighted by Crippen LogP contribution is -3.00. The molecule has 1 aromatic carbocycles. The van der Waals surface area contributed by atoms with Gasteiger partial charge in [0.15, 0.2) is 0 Å². The minimum Gasteiger partial charge on any atom is -1.00 e. The van der Waals surface area contributed by atoms with Crippen molar-refractivity contribution in [1.29, 1.82) is 0 Å². The second-order valence-corrected chi connectivity index (χ2v) is 6.39. The molecule has 0 aliphatic rings. The third-order valence-electron chi connectivity index (χ3n) is 4.35. The van der Waals surface area contributed by atoms with Crippen molar-refractivity contribution in [2.45, 2.75) is 53.0 Å². The van der Waals surface area contributed by atoms with Crippen molar-refractivity contribution in [3.63, 3.8) is 0 Å². The first-order chi connectivity index (χ1) is 8.87. The SMILES string of the molecule is C=C[NH2+]C(c1ccccc1C(C)C)(C(C)C)C(C)C.[Cl-]. The minimum absolute atomic E-state index is 0. The summed E-state index contributed by atoms with van der Waals surface area (Å²) in [6, 6.07) is 8.89. The van der Waals surface area contributed by atoms with Crippen molar-refractivity contribution < 1.29 is 17.7 Å². The Kier molecular flexibility index (Phi) is 7.54. The smallest absolute Gasteiger partial charge is 0.131 e. The molecule has 114 valence electrons. The first-order valence-corrected chi connectivity index (χ1v) is 7.44. The van der Waals surface area contributed by atoms with Gasteiger partial charge in [-0.25, -0.2) is 0 Å². The highest BCUT2D eigenvalue weighted by Crippen LogP contribution is 2.37. The maximum absolute atomic E-state index is 3.95. The molecule has 0 aliphatic heterocycles. The van der Waals surface area contributed by atoms with Crippen LogP contribution in [0.4, 0.5) is 0 Å². The Morgan fingerprint density at radius 2 is 1.50 bits per heavy atom. The van der Waals surface area contributed by atoms with Crippen molar-refractivity contribution >= 4 is 0 Å². The number of nitrogens with two attached hydrogens (primary N) is 1. The van der Waals surface area contributed by atoms with Crippen molar-refractivity contribution in [2.24, 2.45) is 11.8 Å². The molecule has 20 heavy (non-hydrogen) atoms. The van der Waals surface area contributed by atoms with Gasteiger partial charge in [-0.1, -0.05) is 65.8 Å². The lowest BCUT2D eigenvalue weighted by atomic mass is 9.69. The quantitative estimate of drug-likeness (QED) is 0.807. The summed E-state index contributed by atoms with van der Waals surface area (Å²) in [7, 11) is 0. The summed E-state index contributed by atoms with van der Waals surface area (Å²) in [4.78, 5) is 0. The van der Waals surface area contributed by atoms with Crippen LogP contribution in [0.5, 0.6) is 0 Å². The van der Waals surface area contributed by atoms with E-state index in [9.17, 15) is 0 Å². The second kappa shape index (κ2) is 7.85. The number of hydrogen-bond acceptors (Lipinski definition) is 0. The summed E-state index contributed by atoms with van der Waals surface area (Å²) in [5.41, 5.74) is 3.00. The van der Waals surface area contributed by atoms with E-state index in [-0.39, 0.29) is 17.9 Å². The molecule has 0 aliphatic carbocycles. The third-order valence-corrected chi connectivity index (χ3v) is 4.35. The van der Waals surface area contributed by atoms with E-state index in [1.807, 2.05) is 6.20 Å². The molecule has 2 heteroatoms. The standard InChI is InChI=1S/C18H29N.ClH/c1-8-19-18(14(4)5,15(6)7)17-12-10-9-11-16(17)13(2)3;/h8-15,19H,1H2,2-7H3;1H. The molecule has 0 atom stereocenters. The van der Waals surface area contributed by atoms with Gasteiger partial charge in [0.1, 0.15) is 5.54 Å². The minimum atomic E-state index is 0. The Morgan fingerprint density at radius 1 is 1.00 bits per heavy atom. The number of quaternary nitrogens is 1. The number of halogens is 1. The summed E-state index contributed by atoms with van der Waals surface area (Å²) >= 11 is 0. The first-order valence-electron chi connectivity index (χ1n) is 7.44. The van der Waals surface area contributed by atoms with E-state index in [0.29, 0.717) is 17.8 Å². The van der Waals surface area contributed by atoms with E-state index in [4.69, 9.17) is 0 Å². The molecular weight excluding hydrogens is 266 g/mol. The zero-order chi connectivity index (χ0) is 14.6. The van der Waals surface area contributed by atoms with Gasteiger partial charge < -0.3 is 17.7 Å². The zero-order valence-electron chi connectivity index (χ0n) is 13.8. The molecule has 0 radical (unpaired) electrons. The van der Waals surface area contributed by atoms with E-state index in [2.05, 4.69) is 77.7 Å². The van der Waals surface area contributed by atoms with Crippen LogP contribution in [0, 0.1) is 11.8 Å². The average molecular weight is 296 g/mol. The van der Waals surface area contributed by atoms with Gasteiger partial charge in [0.25, 0.3) is 0 Å². The topological polar surface area (TPSA) is 16.6 Å².